The molecule has 8 atom stereocenters. The van der Waals surface area contributed by atoms with Crippen molar-refractivity contribution in [1.29, 1.82) is 0 Å². The molecule has 51 heavy (non-hydrogen) atoms. The maximum absolute atomic E-state index is 13.1. The molecule has 4 unspecified atom stereocenters. The molecule has 4 aromatic rings. The lowest BCUT2D eigenvalue weighted by Gasteiger charge is -2.58. The minimum Gasteiger partial charge on any atom is -0.462 e. The normalized spacial score (nSPS) is 31.1. The van der Waals surface area contributed by atoms with Crippen LogP contribution in [-0.2, 0) is 16.0 Å². The van der Waals surface area contributed by atoms with Crippen molar-refractivity contribution < 1.29 is 9.53 Å². The van der Waals surface area contributed by atoms with Gasteiger partial charge in [0, 0.05) is 12.8 Å². The fraction of sp³-hybridized carbons (Fsp3) is 0.612. The molecule has 0 heterocycles. The Bertz CT molecular complexity index is 1870. The molecule has 0 aliphatic heterocycles. The summed E-state index contributed by atoms with van der Waals surface area (Å²) >= 11 is 0. The maximum atomic E-state index is 13.1. The summed E-state index contributed by atoms with van der Waals surface area (Å²) in [5, 5.41) is 8.17. The average Bonchev–Trinajstić information content (AvgIpc) is 3.48. The number of unbranched alkanes of at least 4 members (excludes halogenated alkanes) is 2. The number of hydrogen-bond acceptors (Lipinski definition) is 2. The molecule has 3 fully saturated rings. The van der Waals surface area contributed by atoms with Crippen LogP contribution in [0.25, 0.3) is 32.3 Å². The van der Waals surface area contributed by atoms with Crippen molar-refractivity contribution in [2.75, 3.05) is 0 Å². The van der Waals surface area contributed by atoms with Crippen LogP contribution in [0, 0.1) is 46.3 Å². The lowest BCUT2D eigenvalue weighted by Crippen LogP contribution is -2.51. The molecule has 0 amide bonds. The highest BCUT2D eigenvalue weighted by Crippen LogP contribution is 2.67. The zero-order valence-corrected chi connectivity index (χ0v) is 32.4. The van der Waals surface area contributed by atoms with Crippen molar-refractivity contribution in [3.05, 3.63) is 71.8 Å². The molecule has 4 aromatic carbocycles. The Morgan fingerprint density at radius 1 is 0.784 bits per heavy atom. The van der Waals surface area contributed by atoms with Gasteiger partial charge >= 0.3 is 5.97 Å². The van der Waals surface area contributed by atoms with Gasteiger partial charge in [-0.2, -0.15) is 0 Å². The summed E-state index contributed by atoms with van der Waals surface area (Å²) in [5.41, 5.74) is 3.90. The van der Waals surface area contributed by atoms with Crippen molar-refractivity contribution >= 4 is 38.3 Å². The van der Waals surface area contributed by atoms with E-state index < -0.39 is 0 Å². The lowest BCUT2D eigenvalue weighted by atomic mass is 9.47. The number of fused-ring (bicyclic) bond motifs is 5. The molecule has 2 heteroatoms. The second-order valence-corrected chi connectivity index (χ2v) is 18.8. The molecule has 2 nitrogen and oxygen atoms in total. The molecule has 4 aliphatic carbocycles. The molecular formula is C49H64O2. The van der Waals surface area contributed by atoms with E-state index >= 15 is 0 Å². The highest BCUT2D eigenvalue weighted by molar-refractivity contribution is 6.23. The standard InChI is InChI=1S/C49H64O2/c1-32(2)11-9-12-33(3)42-25-26-43-41-24-22-38-31-39(27-29-48(38,4)44(41)28-30-49(42,43)5)51-45(50)16-8-6-7-13-34-17-18-37-20-19-35-14-10-15-36-21-23-40(34)47(37)46(35)36/h10,14-15,17-23,32-33,39,41-44H,6-9,11-13,16,24-31H2,1-5H3/t33-,39?,41?,42-,43?,44?,48+,49-/m1/s1. The van der Waals surface area contributed by atoms with Crippen LogP contribution in [0.5, 0.6) is 0 Å². The van der Waals surface area contributed by atoms with Crippen LogP contribution in [0.3, 0.4) is 0 Å². The summed E-state index contributed by atoms with van der Waals surface area (Å²) in [6, 6.07) is 20.4. The van der Waals surface area contributed by atoms with Crippen LogP contribution in [0.15, 0.2) is 66.2 Å². The molecule has 3 saturated carbocycles. The van der Waals surface area contributed by atoms with E-state index in [-0.39, 0.29) is 12.1 Å². The first-order valence-electron chi connectivity index (χ1n) is 21.2. The molecule has 0 spiro atoms. The lowest BCUT2D eigenvalue weighted by molar-refractivity contribution is -0.151. The third-order valence-corrected chi connectivity index (χ3v) is 15.5. The van der Waals surface area contributed by atoms with Gasteiger partial charge in [-0.15, -0.1) is 0 Å². The van der Waals surface area contributed by atoms with E-state index in [0.29, 0.717) is 17.3 Å². The number of benzene rings is 4. The largest absolute Gasteiger partial charge is 0.462 e. The summed E-state index contributed by atoms with van der Waals surface area (Å²) < 4.78 is 6.20. The molecule has 0 aromatic heterocycles. The number of rotatable bonds is 12. The molecule has 4 aliphatic rings. The van der Waals surface area contributed by atoms with Gasteiger partial charge in [-0.25, -0.2) is 0 Å². The van der Waals surface area contributed by atoms with Crippen LogP contribution < -0.4 is 0 Å². The fourth-order valence-corrected chi connectivity index (χ4v) is 12.8. The summed E-state index contributed by atoms with van der Waals surface area (Å²) in [6.07, 6.45) is 21.8. The van der Waals surface area contributed by atoms with E-state index in [0.717, 1.165) is 74.0 Å². The molecule has 0 bridgehead atoms. The second kappa shape index (κ2) is 14.2. The van der Waals surface area contributed by atoms with Gasteiger partial charge in [0.15, 0.2) is 0 Å². The Kier molecular flexibility index (Phi) is 9.77. The van der Waals surface area contributed by atoms with Gasteiger partial charge in [0.05, 0.1) is 0 Å². The van der Waals surface area contributed by atoms with Crippen molar-refractivity contribution in [3.63, 3.8) is 0 Å². The third kappa shape index (κ3) is 6.44. The first kappa shape index (κ1) is 35.2. The fourth-order valence-electron chi connectivity index (χ4n) is 12.8. The number of aryl methyl sites for hydroxylation is 1. The van der Waals surface area contributed by atoms with Gasteiger partial charge in [0.2, 0.25) is 0 Å². The van der Waals surface area contributed by atoms with Crippen molar-refractivity contribution in [2.45, 2.75) is 143 Å². The quantitative estimate of drug-likeness (QED) is 0.0642. The van der Waals surface area contributed by atoms with Gasteiger partial charge in [-0.1, -0.05) is 127 Å². The van der Waals surface area contributed by atoms with E-state index in [4.69, 9.17) is 4.74 Å². The maximum Gasteiger partial charge on any atom is 0.306 e. The van der Waals surface area contributed by atoms with E-state index in [1.807, 2.05) is 0 Å². The van der Waals surface area contributed by atoms with Gasteiger partial charge in [-0.3, -0.25) is 4.79 Å². The first-order valence-corrected chi connectivity index (χ1v) is 21.2. The zero-order chi connectivity index (χ0) is 35.3. The molecule has 8 rings (SSSR count). The molecule has 0 saturated heterocycles. The first-order chi connectivity index (χ1) is 24.7. The highest BCUT2D eigenvalue weighted by atomic mass is 16.5. The molecule has 0 N–H and O–H groups in total. The Morgan fingerprint density at radius 3 is 2.35 bits per heavy atom. The van der Waals surface area contributed by atoms with Gasteiger partial charge in [0.25, 0.3) is 0 Å². The summed E-state index contributed by atoms with van der Waals surface area (Å²) in [4.78, 5) is 13.1. The SMILES string of the molecule is CC(C)CCC[C@@H](C)[C@H]1CCC2C3CC=C4CC(OC(=O)CCCCCc5ccc6ccc7cccc8ccc5c6c78)CC[C@]4(C)C3CC[C@@]21C. The highest BCUT2D eigenvalue weighted by Gasteiger charge is 2.59. The number of hydrogen-bond donors (Lipinski definition) is 0. The average molecular weight is 685 g/mol. The van der Waals surface area contributed by atoms with Crippen molar-refractivity contribution in [2.24, 2.45) is 46.3 Å². The minimum atomic E-state index is 0.0218. The van der Waals surface area contributed by atoms with E-state index in [9.17, 15) is 4.79 Å². The van der Waals surface area contributed by atoms with E-state index in [1.165, 1.54) is 95.7 Å². The van der Waals surface area contributed by atoms with Gasteiger partial charge < -0.3 is 4.74 Å². The van der Waals surface area contributed by atoms with Gasteiger partial charge in [0.1, 0.15) is 6.10 Å². The number of carbonyl (C=O) groups excluding carboxylic acids is 1. The number of carbonyl (C=O) groups is 1. The third-order valence-electron chi connectivity index (χ3n) is 15.5. The number of allylic oxidation sites excluding steroid dienone is 1. The zero-order valence-electron chi connectivity index (χ0n) is 32.4. The van der Waals surface area contributed by atoms with Crippen molar-refractivity contribution in [3.8, 4) is 0 Å². The van der Waals surface area contributed by atoms with Crippen LogP contribution in [0.4, 0.5) is 0 Å². The number of esters is 1. The topological polar surface area (TPSA) is 26.3 Å². The Hall–Kier alpha value is -2.87. The minimum absolute atomic E-state index is 0.0218. The Balaban J connectivity index is 0.822. The Morgan fingerprint density at radius 2 is 1.55 bits per heavy atom. The predicted octanol–water partition coefficient (Wildman–Crippen LogP) is 13.6. The van der Waals surface area contributed by atoms with Crippen LogP contribution in [0.2, 0.25) is 0 Å². The molecular weight excluding hydrogens is 621 g/mol. The van der Waals surface area contributed by atoms with Gasteiger partial charge in [-0.05, 0) is 148 Å². The number of ether oxygens (including phenoxy) is 1. The monoisotopic (exact) mass is 684 g/mol. The van der Waals surface area contributed by atoms with E-state index in [1.54, 1.807) is 5.57 Å². The van der Waals surface area contributed by atoms with E-state index in [2.05, 4.69) is 95.3 Å². The summed E-state index contributed by atoms with van der Waals surface area (Å²) in [7, 11) is 0. The molecule has 0 radical (unpaired) electrons. The smallest absolute Gasteiger partial charge is 0.306 e. The summed E-state index contributed by atoms with van der Waals surface area (Å²) in [5.74, 6) is 5.19. The van der Waals surface area contributed by atoms with Crippen molar-refractivity contribution in [1.82, 2.24) is 0 Å². The molecule has 272 valence electrons. The summed E-state index contributed by atoms with van der Waals surface area (Å²) in [6.45, 7) is 12.6. The second-order valence-electron chi connectivity index (χ2n) is 18.8. The van der Waals surface area contributed by atoms with Crippen LogP contribution in [0.1, 0.15) is 136 Å². The Labute approximate surface area is 308 Å². The predicted molar refractivity (Wildman–Crippen MR) is 215 cm³/mol. The van der Waals surface area contributed by atoms with Crippen LogP contribution >= 0.6 is 0 Å². The van der Waals surface area contributed by atoms with Crippen LogP contribution in [-0.4, -0.2) is 12.1 Å².